The first kappa shape index (κ1) is 17.4. The number of nitrogens with zero attached hydrogens (tertiary/aromatic N) is 1. The van der Waals surface area contributed by atoms with Crippen LogP contribution in [0.15, 0.2) is 11.4 Å². The summed E-state index contributed by atoms with van der Waals surface area (Å²) in [7, 11) is 1.27. The molecule has 1 aliphatic rings. The van der Waals surface area contributed by atoms with Crippen molar-refractivity contribution in [3.63, 3.8) is 0 Å². The van der Waals surface area contributed by atoms with Crippen molar-refractivity contribution in [3.05, 3.63) is 16.3 Å². The molecule has 0 radical (unpaired) electrons. The number of esters is 1. The number of hydrogen-bond acceptors (Lipinski definition) is 6. The van der Waals surface area contributed by atoms with Crippen molar-refractivity contribution in [1.82, 2.24) is 10.2 Å². The molecule has 1 saturated heterocycles. The number of likely N-dealkylation sites (tertiary alicyclic amines) is 1. The summed E-state index contributed by atoms with van der Waals surface area (Å²) < 4.78 is 4.63. The molecule has 0 aromatic carbocycles. The first-order valence-electron chi connectivity index (χ1n) is 7.55. The van der Waals surface area contributed by atoms with Crippen LogP contribution in [0.3, 0.4) is 0 Å². The van der Waals surface area contributed by atoms with E-state index in [-0.39, 0.29) is 16.6 Å². The molecule has 126 valence electrons. The first-order chi connectivity index (χ1) is 11.1. The molecular weight excluding hydrogens is 318 g/mol. The number of ether oxygens (including phenoxy) is 1. The van der Waals surface area contributed by atoms with Gasteiger partial charge < -0.3 is 15.4 Å². The van der Waals surface area contributed by atoms with Crippen molar-refractivity contribution in [3.8, 4) is 0 Å². The Hall–Kier alpha value is -1.93. The van der Waals surface area contributed by atoms with Gasteiger partial charge in [0.05, 0.1) is 12.8 Å². The molecule has 0 aliphatic carbocycles. The standard InChI is InChI=1S/C15H21N3O4S/c1-3-18-7-4-5-10(18)9-16-13(19)14(20)17-11-6-8-23-12(11)15(21)22-2/h6,8,10H,3-5,7,9H2,1-2H3,(H,16,19)(H,17,20). The predicted molar refractivity (Wildman–Crippen MR) is 87.6 cm³/mol. The van der Waals surface area contributed by atoms with Gasteiger partial charge in [-0.2, -0.15) is 0 Å². The molecule has 1 aromatic heterocycles. The number of rotatable bonds is 5. The fraction of sp³-hybridized carbons (Fsp3) is 0.533. The first-order valence-corrected chi connectivity index (χ1v) is 8.43. The van der Waals surface area contributed by atoms with E-state index in [0.29, 0.717) is 6.54 Å². The maximum absolute atomic E-state index is 11.9. The average Bonchev–Trinajstić information content (AvgIpc) is 3.20. The van der Waals surface area contributed by atoms with Crippen molar-refractivity contribution in [2.75, 3.05) is 32.1 Å². The predicted octanol–water partition coefficient (Wildman–Crippen LogP) is 1.07. The van der Waals surface area contributed by atoms with Gasteiger partial charge in [-0.05, 0) is 37.4 Å². The van der Waals surface area contributed by atoms with Crippen molar-refractivity contribution in [1.29, 1.82) is 0 Å². The molecule has 1 unspecified atom stereocenters. The van der Waals surface area contributed by atoms with Crippen LogP contribution in [0.2, 0.25) is 0 Å². The Morgan fingerprint density at radius 2 is 2.17 bits per heavy atom. The minimum Gasteiger partial charge on any atom is -0.465 e. The molecule has 8 heteroatoms. The number of methoxy groups -OCH3 is 1. The summed E-state index contributed by atoms with van der Waals surface area (Å²) in [4.78, 5) is 38.0. The Labute approximate surface area is 139 Å². The highest BCUT2D eigenvalue weighted by molar-refractivity contribution is 7.12. The minimum atomic E-state index is -0.783. The van der Waals surface area contributed by atoms with Crippen LogP contribution in [0.1, 0.15) is 29.4 Å². The minimum absolute atomic E-state index is 0.265. The Bertz CT molecular complexity index is 587. The van der Waals surface area contributed by atoms with Crippen LogP contribution in [0, 0.1) is 0 Å². The zero-order chi connectivity index (χ0) is 16.8. The number of carbonyl (C=O) groups excluding carboxylic acids is 3. The molecule has 1 atom stereocenters. The van der Waals surface area contributed by atoms with Gasteiger partial charge in [0.1, 0.15) is 4.88 Å². The highest BCUT2D eigenvalue weighted by Crippen LogP contribution is 2.23. The number of anilines is 1. The maximum atomic E-state index is 11.9. The van der Waals surface area contributed by atoms with Crippen LogP contribution in [0.4, 0.5) is 5.69 Å². The van der Waals surface area contributed by atoms with E-state index in [1.165, 1.54) is 7.11 Å². The molecule has 2 amide bonds. The van der Waals surface area contributed by atoms with Crippen LogP contribution >= 0.6 is 11.3 Å². The van der Waals surface area contributed by atoms with E-state index in [2.05, 4.69) is 27.2 Å². The molecule has 0 bridgehead atoms. The summed E-state index contributed by atoms with van der Waals surface area (Å²) in [5.41, 5.74) is 0.290. The van der Waals surface area contributed by atoms with Gasteiger partial charge in [0, 0.05) is 12.6 Å². The topological polar surface area (TPSA) is 87.7 Å². The second-order valence-corrected chi connectivity index (χ2v) is 6.16. The molecule has 1 aromatic rings. The molecule has 2 heterocycles. The van der Waals surface area contributed by atoms with Gasteiger partial charge in [-0.3, -0.25) is 14.5 Å². The van der Waals surface area contributed by atoms with Crippen LogP contribution in [-0.2, 0) is 14.3 Å². The van der Waals surface area contributed by atoms with Gasteiger partial charge >= 0.3 is 17.8 Å². The molecule has 0 saturated carbocycles. The summed E-state index contributed by atoms with van der Waals surface area (Å²) in [6.45, 7) is 4.50. The van der Waals surface area contributed by atoms with E-state index in [0.717, 1.165) is 37.3 Å². The summed E-state index contributed by atoms with van der Waals surface area (Å²) >= 11 is 1.15. The van der Waals surface area contributed by atoms with Gasteiger partial charge in [0.15, 0.2) is 0 Å². The third kappa shape index (κ3) is 4.29. The van der Waals surface area contributed by atoms with Gasteiger partial charge in [-0.15, -0.1) is 11.3 Å². The van der Waals surface area contributed by atoms with Crippen LogP contribution in [0.5, 0.6) is 0 Å². The molecular formula is C15H21N3O4S. The van der Waals surface area contributed by atoms with Crippen molar-refractivity contribution in [2.24, 2.45) is 0 Å². The number of carbonyl (C=O) groups is 3. The van der Waals surface area contributed by atoms with Gasteiger partial charge in [-0.25, -0.2) is 4.79 Å². The quantitative estimate of drug-likeness (QED) is 0.619. The molecule has 2 N–H and O–H groups in total. The van der Waals surface area contributed by atoms with E-state index in [1.807, 2.05) is 0 Å². The van der Waals surface area contributed by atoms with E-state index < -0.39 is 17.8 Å². The Morgan fingerprint density at radius 1 is 1.39 bits per heavy atom. The number of nitrogens with one attached hydrogen (secondary N) is 2. The molecule has 1 aliphatic heterocycles. The van der Waals surface area contributed by atoms with E-state index in [4.69, 9.17) is 0 Å². The smallest absolute Gasteiger partial charge is 0.350 e. The summed E-state index contributed by atoms with van der Waals surface area (Å²) in [5, 5.41) is 6.76. The highest BCUT2D eigenvalue weighted by Gasteiger charge is 2.25. The van der Waals surface area contributed by atoms with E-state index in [9.17, 15) is 14.4 Å². The molecule has 23 heavy (non-hydrogen) atoms. The lowest BCUT2D eigenvalue weighted by atomic mass is 10.2. The molecule has 1 fully saturated rings. The van der Waals surface area contributed by atoms with Crippen LogP contribution in [0.25, 0.3) is 0 Å². The lowest BCUT2D eigenvalue weighted by molar-refractivity contribution is -0.136. The summed E-state index contributed by atoms with van der Waals surface area (Å²) in [5.74, 6) is -2.02. The molecule has 2 rings (SSSR count). The third-order valence-corrected chi connectivity index (χ3v) is 4.79. The monoisotopic (exact) mass is 339 g/mol. The fourth-order valence-corrected chi connectivity index (χ4v) is 3.44. The lowest BCUT2D eigenvalue weighted by Gasteiger charge is -2.22. The Balaban J connectivity index is 1.87. The van der Waals surface area contributed by atoms with Gasteiger partial charge in [0.2, 0.25) is 0 Å². The van der Waals surface area contributed by atoms with Crippen molar-refractivity contribution < 1.29 is 19.1 Å². The second kappa shape index (κ2) is 8.07. The van der Waals surface area contributed by atoms with Gasteiger partial charge in [0.25, 0.3) is 0 Å². The number of amides is 2. The number of likely N-dealkylation sites (N-methyl/N-ethyl adjacent to an activating group) is 1. The largest absolute Gasteiger partial charge is 0.465 e. The van der Waals surface area contributed by atoms with Crippen molar-refractivity contribution >= 4 is 34.8 Å². The van der Waals surface area contributed by atoms with E-state index in [1.54, 1.807) is 11.4 Å². The fourth-order valence-electron chi connectivity index (χ4n) is 2.67. The SMILES string of the molecule is CCN1CCCC1CNC(=O)C(=O)Nc1ccsc1C(=O)OC. The Morgan fingerprint density at radius 3 is 2.87 bits per heavy atom. The van der Waals surface area contributed by atoms with Crippen molar-refractivity contribution in [2.45, 2.75) is 25.8 Å². The highest BCUT2D eigenvalue weighted by atomic mass is 32.1. The zero-order valence-corrected chi connectivity index (χ0v) is 14.1. The maximum Gasteiger partial charge on any atom is 0.350 e. The van der Waals surface area contributed by atoms with Crippen LogP contribution in [-0.4, -0.2) is 55.5 Å². The van der Waals surface area contributed by atoms with E-state index >= 15 is 0 Å². The zero-order valence-electron chi connectivity index (χ0n) is 13.3. The number of thiophene rings is 1. The van der Waals surface area contributed by atoms with Crippen LogP contribution < -0.4 is 10.6 Å². The number of hydrogen-bond donors (Lipinski definition) is 2. The second-order valence-electron chi connectivity index (χ2n) is 5.24. The molecule has 0 spiro atoms. The lowest BCUT2D eigenvalue weighted by Crippen LogP contribution is -2.43. The summed E-state index contributed by atoms with van der Waals surface area (Å²) in [6.07, 6.45) is 2.13. The molecule has 7 nitrogen and oxygen atoms in total. The average molecular weight is 339 g/mol. The summed E-state index contributed by atoms with van der Waals surface area (Å²) in [6, 6.07) is 1.85. The normalized spacial score (nSPS) is 17.7. The van der Waals surface area contributed by atoms with Gasteiger partial charge in [-0.1, -0.05) is 6.92 Å². The Kier molecular flexibility index (Phi) is 6.12. The third-order valence-electron chi connectivity index (χ3n) is 3.89.